The highest BCUT2D eigenvalue weighted by molar-refractivity contribution is 5.96. The largest absolute Gasteiger partial charge is 0.329 e. The molecular weight excluding hydrogens is 372 g/mol. The lowest BCUT2D eigenvalue weighted by Crippen LogP contribution is -2.38. The maximum absolute atomic E-state index is 12.6. The number of carbonyl (C=O) groups excluding carboxylic acids is 2. The molecule has 1 fully saturated rings. The van der Waals surface area contributed by atoms with Gasteiger partial charge < -0.3 is 15.6 Å². The standard InChI is InChI=1S/C21H20N4O4/c1-12-6-9-14(22-19(27)13-7-8-13)10-17(12)23-18(26)11-25-20(28)15-4-2-3-5-16(15)24-21(25)29/h2-6,9-10,13H,7-8,11H2,1H3,(H,22,27)(H,23,26)(H,24,29). The number of amides is 2. The number of hydrogen-bond donors (Lipinski definition) is 3. The van der Waals surface area contributed by atoms with Crippen LogP contribution >= 0.6 is 0 Å². The van der Waals surface area contributed by atoms with Gasteiger partial charge in [-0.1, -0.05) is 18.2 Å². The van der Waals surface area contributed by atoms with E-state index in [2.05, 4.69) is 15.6 Å². The molecular formula is C21H20N4O4. The first-order valence-electron chi connectivity index (χ1n) is 9.35. The van der Waals surface area contributed by atoms with Gasteiger partial charge in [0.15, 0.2) is 0 Å². The zero-order valence-corrected chi connectivity index (χ0v) is 15.8. The van der Waals surface area contributed by atoms with E-state index in [1.165, 1.54) is 0 Å². The van der Waals surface area contributed by atoms with Gasteiger partial charge in [0.2, 0.25) is 11.8 Å². The molecule has 1 aliphatic rings. The maximum atomic E-state index is 12.6. The second kappa shape index (κ2) is 7.38. The van der Waals surface area contributed by atoms with Gasteiger partial charge in [-0.05, 0) is 49.6 Å². The average Bonchev–Trinajstić information content (AvgIpc) is 3.53. The monoisotopic (exact) mass is 392 g/mol. The SMILES string of the molecule is Cc1ccc(NC(=O)C2CC2)cc1NC(=O)Cn1c(=O)[nH]c2ccccc2c1=O. The molecule has 1 saturated carbocycles. The van der Waals surface area contributed by atoms with Gasteiger partial charge in [-0.2, -0.15) is 0 Å². The van der Waals surface area contributed by atoms with Crippen LogP contribution in [-0.4, -0.2) is 21.4 Å². The minimum Gasteiger partial charge on any atom is -0.326 e. The number of H-pyrrole nitrogens is 1. The fraction of sp³-hybridized carbons (Fsp3) is 0.238. The number of hydrogen-bond acceptors (Lipinski definition) is 4. The molecule has 1 aliphatic carbocycles. The Labute approximate surface area is 165 Å². The van der Waals surface area contributed by atoms with E-state index in [4.69, 9.17) is 0 Å². The van der Waals surface area contributed by atoms with Crippen LogP contribution in [0.25, 0.3) is 10.9 Å². The van der Waals surface area contributed by atoms with Crippen molar-refractivity contribution in [3.8, 4) is 0 Å². The van der Waals surface area contributed by atoms with E-state index >= 15 is 0 Å². The number of carbonyl (C=O) groups is 2. The molecule has 0 radical (unpaired) electrons. The van der Waals surface area contributed by atoms with Crippen molar-refractivity contribution >= 4 is 34.1 Å². The first-order valence-corrected chi connectivity index (χ1v) is 9.35. The van der Waals surface area contributed by atoms with Crippen LogP contribution < -0.4 is 21.9 Å². The highest BCUT2D eigenvalue weighted by Crippen LogP contribution is 2.30. The summed E-state index contributed by atoms with van der Waals surface area (Å²) in [6.45, 7) is 1.40. The number of aryl methyl sites for hydroxylation is 1. The normalized spacial score (nSPS) is 13.3. The van der Waals surface area contributed by atoms with Crippen molar-refractivity contribution in [1.82, 2.24) is 9.55 Å². The number of fused-ring (bicyclic) bond motifs is 1. The van der Waals surface area contributed by atoms with Crippen LogP contribution in [0.15, 0.2) is 52.1 Å². The average molecular weight is 392 g/mol. The summed E-state index contributed by atoms with van der Waals surface area (Å²) in [5.41, 5.74) is 1.14. The quantitative estimate of drug-likeness (QED) is 0.616. The minimum atomic E-state index is -0.647. The molecule has 1 aromatic heterocycles. The molecule has 8 heteroatoms. The van der Waals surface area contributed by atoms with Crippen LogP contribution in [0.1, 0.15) is 18.4 Å². The molecule has 0 aliphatic heterocycles. The summed E-state index contributed by atoms with van der Waals surface area (Å²) in [7, 11) is 0. The van der Waals surface area contributed by atoms with Crippen LogP contribution in [0.4, 0.5) is 11.4 Å². The topological polar surface area (TPSA) is 113 Å². The third-order valence-electron chi connectivity index (χ3n) is 4.92. The summed E-state index contributed by atoms with van der Waals surface area (Å²) in [5, 5.41) is 5.88. The Morgan fingerprint density at radius 3 is 2.62 bits per heavy atom. The van der Waals surface area contributed by atoms with Gasteiger partial charge in [0.25, 0.3) is 5.56 Å². The Morgan fingerprint density at radius 2 is 1.86 bits per heavy atom. The molecule has 0 spiro atoms. The second-order valence-electron chi connectivity index (χ2n) is 7.21. The summed E-state index contributed by atoms with van der Waals surface area (Å²) in [5.74, 6) is -0.470. The Bertz CT molecular complexity index is 1240. The van der Waals surface area contributed by atoms with E-state index in [-0.39, 0.29) is 11.8 Å². The molecule has 0 atom stereocenters. The molecule has 148 valence electrons. The van der Waals surface area contributed by atoms with Crippen LogP contribution in [0.5, 0.6) is 0 Å². The van der Waals surface area contributed by atoms with Gasteiger partial charge in [-0.25, -0.2) is 4.79 Å². The van der Waals surface area contributed by atoms with Crippen LogP contribution in [0.2, 0.25) is 0 Å². The lowest BCUT2D eigenvalue weighted by atomic mass is 10.1. The van der Waals surface area contributed by atoms with E-state index in [1.807, 2.05) is 6.92 Å². The Kier molecular flexibility index (Phi) is 4.75. The number of nitrogens with zero attached hydrogens (tertiary/aromatic N) is 1. The first-order chi connectivity index (χ1) is 13.9. The van der Waals surface area contributed by atoms with Gasteiger partial charge in [-0.15, -0.1) is 0 Å². The fourth-order valence-electron chi connectivity index (χ4n) is 3.10. The molecule has 2 aromatic carbocycles. The molecule has 3 aromatic rings. The van der Waals surface area contributed by atoms with Gasteiger partial charge in [0, 0.05) is 17.3 Å². The van der Waals surface area contributed by atoms with E-state index in [9.17, 15) is 19.2 Å². The molecule has 0 saturated heterocycles. The Morgan fingerprint density at radius 1 is 1.10 bits per heavy atom. The van der Waals surface area contributed by atoms with Crippen LogP contribution in [-0.2, 0) is 16.1 Å². The van der Waals surface area contributed by atoms with E-state index in [0.29, 0.717) is 22.3 Å². The van der Waals surface area contributed by atoms with Crippen LogP contribution in [0.3, 0.4) is 0 Å². The summed E-state index contributed by atoms with van der Waals surface area (Å²) in [6, 6.07) is 11.9. The predicted molar refractivity (Wildman–Crippen MR) is 110 cm³/mol. The Balaban J connectivity index is 1.54. The number of aromatic amines is 1. The maximum Gasteiger partial charge on any atom is 0.329 e. The highest BCUT2D eigenvalue weighted by atomic mass is 16.2. The van der Waals surface area contributed by atoms with E-state index in [0.717, 1.165) is 23.0 Å². The van der Waals surface area contributed by atoms with Gasteiger partial charge in [0.1, 0.15) is 6.54 Å². The second-order valence-corrected chi connectivity index (χ2v) is 7.21. The Hall–Kier alpha value is -3.68. The molecule has 4 rings (SSSR count). The third kappa shape index (κ3) is 3.96. The molecule has 2 amide bonds. The number of nitrogens with one attached hydrogen (secondary N) is 3. The molecule has 8 nitrogen and oxygen atoms in total. The van der Waals surface area contributed by atoms with E-state index < -0.39 is 23.7 Å². The summed E-state index contributed by atoms with van der Waals surface area (Å²) in [4.78, 5) is 51.9. The van der Waals surface area contributed by atoms with Crippen molar-refractivity contribution in [2.24, 2.45) is 5.92 Å². The van der Waals surface area contributed by atoms with E-state index in [1.54, 1.807) is 42.5 Å². The zero-order valence-electron chi connectivity index (χ0n) is 15.8. The predicted octanol–water partition coefficient (Wildman–Crippen LogP) is 1.99. The van der Waals surface area contributed by atoms with Gasteiger partial charge in [-0.3, -0.25) is 19.0 Å². The number of aromatic nitrogens is 2. The molecule has 29 heavy (non-hydrogen) atoms. The van der Waals surface area contributed by atoms with Gasteiger partial charge >= 0.3 is 5.69 Å². The molecule has 0 bridgehead atoms. The minimum absolute atomic E-state index is 0.0274. The fourth-order valence-corrected chi connectivity index (χ4v) is 3.10. The molecule has 3 N–H and O–H groups in total. The molecule has 1 heterocycles. The van der Waals surface area contributed by atoms with Crippen molar-refractivity contribution in [3.63, 3.8) is 0 Å². The summed E-state index contributed by atoms with van der Waals surface area (Å²) in [6.07, 6.45) is 1.80. The zero-order chi connectivity index (χ0) is 20.5. The smallest absolute Gasteiger partial charge is 0.326 e. The van der Waals surface area contributed by atoms with Crippen molar-refractivity contribution in [2.45, 2.75) is 26.3 Å². The van der Waals surface area contributed by atoms with Gasteiger partial charge in [0.05, 0.1) is 10.9 Å². The third-order valence-corrected chi connectivity index (χ3v) is 4.92. The van der Waals surface area contributed by atoms with Crippen molar-refractivity contribution < 1.29 is 9.59 Å². The van der Waals surface area contributed by atoms with Crippen molar-refractivity contribution in [2.75, 3.05) is 10.6 Å². The van der Waals surface area contributed by atoms with Crippen molar-refractivity contribution in [1.29, 1.82) is 0 Å². The lowest BCUT2D eigenvalue weighted by molar-refractivity contribution is -0.117. The van der Waals surface area contributed by atoms with Crippen LogP contribution in [0, 0.1) is 12.8 Å². The summed E-state index contributed by atoms with van der Waals surface area (Å²) < 4.78 is 0.867. The number of benzene rings is 2. The lowest BCUT2D eigenvalue weighted by Gasteiger charge is -2.12. The number of rotatable bonds is 5. The van der Waals surface area contributed by atoms with Crippen molar-refractivity contribution in [3.05, 3.63) is 68.9 Å². The number of para-hydroxylation sites is 1. The first kappa shape index (κ1) is 18.7. The highest BCUT2D eigenvalue weighted by Gasteiger charge is 2.29. The number of anilines is 2. The molecule has 0 unspecified atom stereocenters. The summed E-state index contributed by atoms with van der Waals surface area (Å²) >= 11 is 0.